The molecule has 1 amide bonds. The molecule has 0 N–H and O–H groups in total. The van der Waals surface area contributed by atoms with Gasteiger partial charge in [0.15, 0.2) is 0 Å². The predicted molar refractivity (Wildman–Crippen MR) is 53.4 cm³/mol. The maximum atomic E-state index is 13.0. The molecule has 15 heavy (non-hydrogen) atoms. The molecule has 0 spiro atoms. The van der Waals surface area contributed by atoms with E-state index in [4.69, 9.17) is 11.6 Å². The van der Waals surface area contributed by atoms with Crippen LogP contribution in [0.1, 0.15) is 6.42 Å². The molecule has 3 nitrogen and oxygen atoms in total. The Morgan fingerprint density at radius 1 is 1.27 bits per heavy atom. The number of nitrogens with zero attached hydrogens (tertiary/aromatic N) is 1. The van der Waals surface area contributed by atoms with Crippen LogP contribution in [-0.2, 0) is 9.59 Å². The Kier molecular flexibility index (Phi) is 2.44. The SMILES string of the molecule is O=C1CCN(c2cc(F)cc(Cl)c2)C1=O. The molecule has 0 unspecified atom stereocenters. The van der Waals surface area contributed by atoms with Gasteiger partial charge in [0.2, 0.25) is 5.78 Å². The topological polar surface area (TPSA) is 37.4 Å². The monoisotopic (exact) mass is 227 g/mol. The van der Waals surface area contributed by atoms with Gasteiger partial charge in [-0.05, 0) is 18.2 Å². The van der Waals surface area contributed by atoms with Crippen molar-refractivity contribution in [2.24, 2.45) is 0 Å². The molecule has 5 heteroatoms. The van der Waals surface area contributed by atoms with E-state index >= 15 is 0 Å². The summed E-state index contributed by atoms with van der Waals surface area (Å²) in [5, 5.41) is 0.206. The highest BCUT2D eigenvalue weighted by atomic mass is 35.5. The highest BCUT2D eigenvalue weighted by molar-refractivity contribution is 6.43. The van der Waals surface area contributed by atoms with Crippen molar-refractivity contribution in [1.82, 2.24) is 0 Å². The lowest BCUT2D eigenvalue weighted by atomic mass is 10.3. The van der Waals surface area contributed by atoms with Gasteiger partial charge in [-0.15, -0.1) is 0 Å². The lowest BCUT2D eigenvalue weighted by Crippen LogP contribution is -2.26. The normalized spacial score (nSPS) is 16.3. The first kappa shape index (κ1) is 10.1. The summed E-state index contributed by atoms with van der Waals surface area (Å²) in [5.74, 6) is -1.57. The lowest BCUT2D eigenvalue weighted by molar-refractivity contribution is -0.133. The number of anilines is 1. The molecule has 1 aliphatic heterocycles. The Morgan fingerprint density at radius 2 is 2.00 bits per heavy atom. The van der Waals surface area contributed by atoms with Crippen molar-refractivity contribution in [3.05, 3.63) is 29.0 Å². The summed E-state index contributed by atoms with van der Waals surface area (Å²) >= 11 is 5.65. The van der Waals surface area contributed by atoms with Gasteiger partial charge in [-0.3, -0.25) is 9.59 Å². The van der Waals surface area contributed by atoms with E-state index < -0.39 is 17.5 Å². The smallest absolute Gasteiger partial charge is 0.294 e. The number of Topliss-reactive ketones (excluding diaryl/α,β-unsaturated/α-hetero) is 1. The van der Waals surface area contributed by atoms with Crippen LogP contribution < -0.4 is 4.90 Å². The van der Waals surface area contributed by atoms with Crippen LogP contribution in [0.25, 0.3) is 0 Å². The molecule has 0 bridgehead atoms. The number of ketones is 1. The van der Waals surface area contributed by atoms with Gasteiger partial charge in [-0.1, -0.05) is 11.6 Å². The highest BCUT2D eigenvalue weighted by Gasteiger charge is 2.30. The number of amides is 1. The zero-order valence-corrected chi connectivity index (χ0v) is 8.42. The van der Waals surface area contributed by atoms with Gasteiger partial charge < -0.3 is 4.90 Å². The van der Waals surface area contributed by atoms with Crippen LogP contribution >= 0.6 is 11.6 Å². The molecule has 1 aromatic carbocycles. The van der Waals surface area contributed by atoms with Crippen LogP contribution in [0, 0.1) is 5.82 Å². The van der Waals surface area contributed by atoms with Crippen LogP contribution in [0.15, 0.2) is 18.2 Å². The van der Waals surface area contributed by atoms with Gasteiger partial charge >= 0.3 is 0 Å². The van der Waals surface area contributed by atoms with Crippen molar-refractivity contribution in [1.29, 1.82) is 0 Å². The minimum Gasteiger partial charge on any atom is -0.305 e. The second-order valence-electron chi connectivity index (χ2n) is 3.26. The average molecular weight is 228 g/mol. The number of benzene rings is 1. The maximum absolute atomic E-state index is 13.0. The fourth-order valence-corrected chi connectivity index (χ4v) is 1.73. The Hall–Kier alpha value is -1.42. The highest BCUT2D eigenvalue weighted by Crippen LogP contribution is 2.24. The van der Waals surface area contributed by atoms with Gasteiger partial charge in [-0.2, -0.15) is 0 Å². The number of hydrogen-bond acceptors (Lipinski definition) is 2. The summed E-state index contributed by atoms with van der Waals surface area (Å²) in [7, 11) is 0. The predicted octanol–water partition coefficient (Wildman–Crippen LogP) is 1.78. The third-order valence-corrected chi connectivity index (χ3v) is 2.42. The lowest BCUT2D eigenvalue weighted by Gasteiger charge is -2.14. The zero-order valence-electron chi connectivity index (χ0n) is 7.67. The Bertz CT molecular complexity index is 427. The number of rotatable bonds is 1. The van der Waals surface area contributed by atoms with Gasteiger partial charge in [0.1, 0.15) is 5.82 Å². The molecule has 1 heterocycles. The van der Waals surface area contributed by atoms with E-state index in [1.165, 1.54) is 17.0 Å². The van der Waals surface area contributed by atoms with Crippen LogP contribution in [0.5, 0.6) is 0 Å². The van der Waals surface area contributed by atoms with E-state index in [1.807, 2.05) is 0 Å². The van der Waals surface area contributed by atoms with E-state index in [9.17, 15) is 14.0 Å². The minimum absolute atomic E-state index is 0.174. The molecule has 1 aromatic rings. The Balaban J connectivity index is 2.38. The maximum Gasteiger partial charge on any atom is 0.294 e. The van der Waals surface area contributed by atoms with Gasteiger partial charge in [0.25, 0.3) is 5.91 Å². The van der Waals surface area contributed by atoms with Gasteiger partial charge in [-0.25, -0.2) is 4.39 Å². The molecule has 1 aliphatic rings. The summed E-state index contributed by atoms with van der Waals surface area (Å²) in [4.78, 5) is 23.6. The number of carbonyl (C=O) groups is 2. The molecule has 0 saturated carbocycles. The molecular formula is C10H7ClFNO2. The van der Waals surface area contributed by atoms with Crippen molar-refractivity contribution >= 4 is 29.0 Å². The summed E-state index contributed by atoms with van der Waals surface area (Å²) in [6.45, 7) is 0.289. The molecule has 0 radical (unpaired) electrons. The fraction of sp³-hybridized carbons (Fsp3) is 0.200. The van der Waals surface area contributed by atoms with Gasteiger partial charge in [0, 0.05) is 23.7 Å². The third-order valence-electron chi connectivity index (χ3n) is 2.21. The van der Waals surface area contributed by atoms with Gasteiger partial charge in [0.05, 0.1) is 0 Å². The molecule has 1 fully saturated rings. The van der Waals surface area contributed by atoms with E-state index in [1.54, 1.807) is 0 Å². The summed E-state index contributed by atoms with van der Waals surface area (Å²) in [6.07, 6.45) is 0.174. The van der Waals surface area contributed by atoms with Crippen LogP contribution in [0.2, 0.25) is 5.02 Å². The first-order chi connectivity index (χ1) is 7.08. The second-order valence-corrected chi connectivity index (χ2v) is 3.69. The molecule has 0 aliphatic carbocycles. The molecule has 0 aromatic heterocycles. The van der Waals surface area contributed by atoms with Crippen molar-refractivity contribution < 1.29 is 14.0 Å². The number of halogens is 2. The summed E-state index contributed by atoms with van der Waals surface area (Å²) in [5.41, 5.74) is 0.329. The second kappa shape index (κ2) is 3.62. The van der Waals surface area contributed by atoms with Crippen LogP contribution in [-0.4, -0.2) is 18.2 Å². The van der Waals surface area contributed by atoms with E-state index in [-0.39, 0.29) is 18.0 Å². The zero-order chi connectivity index (χ0) is 11.0. The number of hydrogen-bond donors (Lipinski definition) is 0. The van der Waals surface area contributed by atoms with E-state index in [0.29, 0.717) is 5.69 Å². The molecule has 1 saturated heterocycles. The van der Waals surface area contributed by atoms with Crippen molar-refractivity contribution in [3.63, 3.8) is 0 Å². The van der Waals surface area contributed by atoms with Crippen molar-refractivity contribution in [2.45, 2.75) is 6.42 Å². The third kappa shape index (κ3) is 1.85. The summed E-state index contributed by atoms with van der Waals surface area (Å²) in [6, 6.07) is 3.79. The first-order valence-corrected chi connectivity index (χ1v) is 4.76. The largest absolute Gasteiger partial charge is 0.305 e. The summed E-state index contributed by atoms with van der Waals surface area (Å²) < 4.78 is 13.0. The molecule has 0 atom stereocenters. The molecule has 2 rings (SSSR count). The van der Waals surface area contributed by atoms with Crippen LogP contribution in [0.3, 0.4) is 0 Å². The van der Waals surface area contributed by atoms with Crippen molar-refractivity contribution in [3.8, 4) is 0 Å². The van der Waals surface area contributed by atoms with Crippen molar-refractivity contribution in [2.75, 3.05) is 11.4 Å². The fourth-order valence-electron chi connectivity index (χ4n) is 1.51. The van der Waals surface area contributed by atoms with E-state index in [0.717, 1.165) is 6.07 Å². The standard InChI is InChI=1S/C10H7ClFNO2/c11-6-3-7(12)5-8(4-6)13-2-1-9(14)10(13)15/h3-5H,1-2H2. The van der Waals surface area contributed by atoms with E-state index in [2.05, 4.69) is 0 Å². The van der Waals surface area contributed by atoms with Crippen LogP contribution in [0.4, 0.5) is 10.1 Å². The molecular weight excluding hydrogens is 221 g/mol. The number of carbonyl (C=O) groups excluding carboxylic acids is 2. The average Bonchev–Trinajstić information content (AvgIpc) is 2.46. The molecule has 78 valence electrons. The first-order valence-electron chi connectivity index (χ1n) is 4.39. The Labute approximate surface area is 90.4 Å². The minimum atomic E-state index is -0.600. The Morgan fingerprint density at radius 3 is 2.53 bits per heavy atom. The quantitative estimate of drug-likeness (QED) is 0.686.